The second-order valence-corrected chi connectivity index (χ2v) is 6.38. The third kappa shape index (κ3) is 3.97. The van der Waals surface area contributed by atoms with E-state index in [0.717, 1.165) is 63.5 Å². The van der Waals surface area contributed by atoms with Crippen molar-refractivity contribution in [2.24, 2.45) is 0 Å². The van der Waals surface area contributed by atoms with E-state index < -0.39 is 0 Å². The summed E-state index contributed by atoms with van der Waals surface area (Å²) in [5, 5.41) is 6.25. The minimum atomic E-state index is -0.0859. The molecule has 0 spiro atoms. The number of rotatable bonds is 5. The number of aryl methyl sites for hydroxylation is 1. The number of nitrogens with zero attached hydrogens (tertiary/aromatic N) is 4. The van der Waals surface area contributed by atoms with Gasteiger partial charge in [0.25, 0.3) is 5.91 Å². The Kier molecular flexibility index (Phi) is 5.07. The van der Waals surface area contributed by atoms with Crippen molar-refractivity contribution in [3.63, 3.8) is 0 Å². The first kappa shape index (κ1) is 16.1. The molecular weight excluding hydrogens is 292 g/mol. The predicted molar refractivity (Wildman–Crippen MR) is 89.8 cm³/mol. The number of piperazine rings is 1. The Hall–Kier alpha value is -1.73. The van der Waals surface area contributed by atoms with Crippen LogP contribution >= 0.6 is 0 Å². The predicted octanol–water partition coefficient (Wildman–Crippen LogP) is 0.120. The van der Waals surface area contributed by atoms with Gasteiger partial charge in [-0.2, -0.15) is 0 Å². The Balaban J connectivity index is 1.53. The number of aromatic nitrogens is 2. The van der Waals surface area contributed by atoms with Gasteiger partial charge in [0.05, 0.1) is 0 Å². The van der Waals surface area contributed by atoms with Crippen molar-refractivity contribution in [2.45, 2.75) is 19.8 Å². The van der Waals surface area contributed by atoms with E-state index in [-0.39, 0.29) is 5.91 Å². The summed E-state index contributed by atoms with van der Waals surface area (Å²) in [4.78, 5) is 25.6. The van der Waals surface area contributed by atoms with Crippen LogP contribution in [-0.2, 0) is 6.42 Å². The van der Waals surface area contributed by atoms with Gasteiger partial charge in [-0.05, 0) is 33.4 Å². The molecule has 0 atom stereocenters. The Morgan fingerprint density at radius 1 is 1.22 bits per heavy atom. The molecule has 1 saturated heterocycles. The van der Waals surface area contributed by atoms with Gasteiger partial charge < -0.3 is 20.4 Å². The monoisotopic (exact) mass is 318 g/mol. The molecule has 2 aliphatic heterocycles. The summed E-state index contributed by atoms with van der Waals surface area (Å²) < 4.78 is 0. The van der Waals surface area contributed by atoms with E-state index >= 15 is 0 Å². The van der Waals surface area contributed by atoms with Crippen molar-refractivity contribution >= 4 is 11.7 Å². The van der Waals surface area contributed by atoms with Gasteiger partial charge in [-0.15, -0.1) is 0 Å². The molecule has 23 heavy (non-hydrogen) atoms. The van der Waals surface area contributed by atoms with E-state index in [0.29, 0.717) is 18.1 Å². The summed E-state index contributed by atoms with van der Waals surface area (Å²) in [7, 11) is 2.18. The smallest absolute Gasteiger partial charge is 0.270 e. The second kappa shape index (κ2) is 7.23. The lowest BCUT2D eigenvalue weighted by Crippen LogP contribution is -2.44. The number of nitrogens with one attached hydrogen (secondary N) is 2. The highest BCUT2D eigenvalue weighted by Gasteiger charge is 2.22. The van der Waals surface area contributed by atoms with E-state index in [1.165, 1.54) is 0 Å². The number of carbonyl (C=O) groups excluding carboxylic acids is 1. The van der Waals surface area contributed by atoms with Crippen molar-refractivity contribution in [1.29, 1.82) is 0 Å². The minimum absolute atomic E-state index is 0.0859. The fraction of sp³-hybridized carbons (Fsp3) is 0.688. The molecule has 2 aliphatic rings. The van der Waals surface area contributed by atoms with Crippen LogP contribution in [-0.4, -0.2) is 78.5 Å². The first-order chi connectivity index (χ1) is 11.1. The van der Waals surface area contributed by atoms with Gasteiger partial charge in [-0.25, -0.2) is 9.97 Å². The SMILES string of the molecule is Cc1nc(NCCCN2CCN(C)CC2)c2c(n1)C(=O)NCC2. The molecule has 7 heteroatoms. The molecule has 3 heterocycles. The number of carbonyl (C=O) groups is 1. The van der Waals surface area contributed by atoms with Gasteiger partial charge in [0.2, 0.25) is 0 Å². The standard InChI is InChI=1S/C16H26N6O/c1-12-19-14-13(4-6-18-16(14)23)15(20-12)17-5-3-7-22-10-8-21(2)9-11-22/h3-11H2,1-2H3,(H,18,23)(H,17,19,20). The van der Waals surface area contributed by atoms with E-state index in [2.05, 4.69) is 37.4 Å². The normalized spacial score (nSPS) is 19.3. The number of hydrogen-bond acceptors (Lipinski definition) is 6. The molecule has 0 unspecified atom stereocenters. The summed E-state index contributed by atoms with van der Waals surface area (Å²) in [6.07, 6.45) is 1.87. The number of likely N-dealkylation sites (N-methyl/N-ethyl adjacent to an activating group) is 1. The van der Waals surface area contributed by atoms with Crippen LogP contribution in [0.3, 0.4) is 0 Å². The van der Waals surface area contributed by atoms with Crippen LogP contribution in [0.1, 0.15) is 28.3 Å². The van der Waals surface area contributed by atoms with Crippen molar-refractivity contribution in [3.05, 3.63) is 17.1 Å². The minimum Gasteiger partial charge on any atom is -0.370 e. The maximum atomic E-state index is 11.9. The van der Waals surface area contributed by atoms with Crippen LogP contribution in [0, 0.1) is 6.92 Å². The molecule has 3 rings (SSSR count). The third-order valence-corrected chi connectivity index (χ3v) is 4.53. The number of hydrogen-bond donors (Lipinski definition) is 2. The topological polar surface area (TPSA) is 73.4 Å². The maximum absolute atomic E-state index is 11.9. The number of amides is 1. The first-order valence-corrected chi connectivity index (χ1v) is 8.44. The fourth-order valence-electron chi connectivity index (χ4n) is 3.13. The third-order valence-electron chi connectivity index (χ3n) is 4.53. The zero-order valence-electron chi connectivity index (χ0n) is 14.1. The van der Waals surface area contributed by atoms with Crippen LogP contribution in [0.2, 0.25) is 0 Å². The lowest BCUT2D eigenvalue weighted by Gasteiger charge is -2.32. The molecule has 1 aromatic heterocycles. The molecule has 0 bridgehead atoms. The zero-order valence-corrected chi connectivity index (χ0v) is 14.1. The molecule has 0 aliphatic carbocycles. The van der Waals surface area contributed by atoms with Gasteiger partial charge in [0.15, 0.2) is 0 Å². The van der Waals surface area contributed by atoms with Crippen molar-refractivity contribution in [1.82, 2.24) is 25.1 Å². The molecule has 0 aromatic carbocycles. The van der Waals surface area contributed by atoms with Crippen LogP contribution < -0.4 is 10.6 Å². The number of fused-ring (bicyclic) bond motifs is 1. The van der Waals surface area contributed by atoms with Gasteiger partial charge in [0, 0.05) is 44.8 Å². The molecule has 126 valence electrons. The van der Waals surface area contributed by atoms with E-state index in [1.54, 1.807) is 0 Å². The summed E-state index contributed by atoms with van der Waals surface area (Å²) in [5.74, 6) is 1.39. The average Bonchev–Trinajstić information content (AvgIpc) is 2.54. The second-order valence-electron chi connectivity index (χ2n) is 6.38. The highest BCUT2D eigenvalue weighted by molar-refractivity contribution is 5.95. The van der Waals surface area contributed by atoms with E-state index in [1.807, 2.05) is 6.92 Å². The van der Waals surface area contributed by atoms with Crippen LogP contribution in [0.5, 0.6) is 0 Å². The van der Waals surface area contributed by atoms with E-state index in [9.17, 15) is 4.79 Å². The molecule has 7 nitrogen and oxygen atoms in total. The lowest BCUT2D eigenvalue weighted by atomic mass is 10.1. The quantitative estimate of drug-likeness (QED) is 0.751. The molecule has 1 fully saturated rings. The Bertz CT molecular complexity index is 568. The molecule has 0 radical (unpaired) electrons. The van der Waals surface area contributed by atoms with Gasteiger partial charge in [-0.1, -0.05) is 0 Å². The number of anilines is 1. The summed E-state index contributed by atoms with van der Waals surface area (Å²) in [6.45, 7) is 9.08. The maximum Gasteiger partial charge on any atom is 0.270 e. The van der Waals surface area contributed by atoms with Gasteiger partial charge in [-0.3, -0.25) is 4.79 Å². The Labute approximate surface area is 137 Å². The van der Waals surface area contributed by atoms with Crippen molar-refractivity contribution in [2.75, 3.05) is 58.2 Å². The fourth-order valence-corrected chi connectivity index (χ4v) is 3.13. The van der Waals surface area contributed by atoms with E-state index in [4.69, 9.17) is 0 Å². The van der Waals surface area contributed by atoms with Crippen LogP contribution in [0.4, 0.5) is 5.82 Å². The summed E-state index contributed by atoms with van der Waals surface area (Å²) >= 11 is 0. The molecular formula is C16H26N6O. The zero-order chi connectivity index (χ0) is 16.2. The Morgan fingerprint density at radius 2 is 2.00 bits per heavy atom. The molecule has 0 saturated carbocycles. The van der Waals surface area contributed by atoms with Gasteiger partial charge >= 0.3 is 0 Å². The molecule has 1 aromatic rings. The molecule has 2 N–H and O–H groups in total. The summed E-state index contributed by atoms with van der Waals surface area (Å²) in [5.41, 5.74) is 1.49. The Morgan fingerprint density at radius 3 is 2.78 bits per heavy atom. The lowest BCUT2D eigenvalue weighted by molar-refractivity contribution is 0.0940. The molecule has 1 amide bonds. The summed E-state index contributed by atoms with van der Waals surface area (Å²) in [6, 6.07) is 0. The highest BCUT2D eigenvalue weighted by atomic mass is 16.1. The highest BCUT2D eigenvalue weighted by Crippen LogP contribution is 2.20. The first-order valence-electron chi connectivity index (χ1n) is 8.44. The average molecular weight is 318 g/mol. The van der Waals surface area contributed by atoms with Crippen LogP contribution in [0.15, 0.2) is 0 Å². The van der Waals surface area contributed by atoms with Crippen molar-refractivity contribution < 1.29 is 4.79 Å². The largest absolute Gasteiger partial charge is 0.370 e. The van der Waals surface area contributed by atoms with Crippen molar-refractivity contribution in [3.8, 4) is 0 Å². The van der Waals surface area contributed by atoms with Crippen LogP contribution in [0.25, 0.3) is 0 Å². The van der Waals surface area contributed by atoms with Gasteiger partial charge in [0.1, 0.15) is 17.3 Å².